The van der Waals surface area contributed by atoms with Crippen molar-refractivity contribution in [3.05, 3.63) is 58.4 Å². The number of aliphatic hydroxyl groups excluding tert-OH is 1. The Bertz CT molecular complexity index is 926. The molecule has 3 rings (SSSR count). The Labute approximate surface area is 155 Å². The van der Waals surface area contributed by atoms with E-state index in [9.17, 15) is 5.11 Å². The molecule has 4 heteroatoms. The van der Waals surface area contributed by atoms with Gasteiger partial charge in [0.05, 0.1) is 17.6 Å². The molecule has 0 radical (unpaired) electrons. The molecule has 0 amide bonds. The number of hydrogen-bond acceptors (Lipinski definition) is 3. The number of aromatic nitrogens is 2. The highest BCUT2D eigenvalue weighted by Crippen LogP contribution is 2.25. The van der Waals surface area contributed by atoms with Crippen LogP contribution < -0.4 is 4.74 Å². The summed E-state index contributed by atoms with van der Waals surface area (Å²) in [6.45, 7) is 11.6. The number of ether oxygens (including phenoxy) is 1. The second-order valence-corrected chi connectivity index (χ2v) is 7.12. The maximum Gasteiger partial charge on any atom is 0.138 e. The topological polar surface area (TPSA) is 47.3 Å². The number of rotatable bonds is 6. The van der Waals surface area contributed by atoms with Crippen LogP contribution in [0.25, 0.3) is 11.0 Å². The van der Waals surface area contributed by atoms with Gasteiger partial charge >= 0.3 is 0 Å². The second-order valence-electron chi connectivity index (χ2n) is 7.12. The third-order valence-electron chi connectivity index (χ3n) is 5.11. The molecule has 26 heavy (non-hydrogen) atoms. The summed E-state index contributed by atoms with van der Waals surface area (Å²) in [5.41, 5.74) is 6.91. The highest BCUT2D eigenvalue weighted by atomic mass is 16.5. The van der Waals surface area contributed by atoms with E-state index in [1.54, 1.807) is 6.92 Å². The second kappa shape index (κ2) is 7.50. The SMILES string of the molecule is Cc1cc2nc(C(C)O)n(CCCOc3cccc(C)c3C)c2cc1C. The summed E-state index contributed by atoms with van der Waals surface area (Å²) < 4.78 is 8.10. The van der Waals surface area contributed by atoms with E-state index >= 15 is 0 Å². The van der Waals surface area contributed by atoms with Gasteiger partial charge in [-0.3, -0.25) is 0 Å². The van der Waals surface area contributed by atoms with Gasteiger partial charge in [-0.25, -0.2) is 4.98 Å². The summed E-state index contributed by atoms with van der Waals surface area (Å²) in [5, 5.41) is 10.1. The third-order valence-corrected chi connectivity index (χ3v) is 5.11. The Balaban J connectivity index is 1.76. The van der Waals surface area contributed by atoms with Gasteiger partial charge in [-0.1, -0.05) is 12.1 Å². The van der Waals surface area contributed by atoms with E-state index < -0.39 is 6.10 Å². The molecule has 1 unspecified atom stereocenters. The van der Waals surface area contributed by atoms with E-state index in [-0.39, 0.29) is 0 Å². The van der Waals surface area contributed by atoms with Crippen LogP contribution in [0.5, 0.6) is 5.75 Å². The molecule has 0 aliphatic rings. The van der Waals surface area contributed by atoms with Crippen molar-refractivity contribution in [1.82, 2.24) is 9.55 Å². The lowest BCUT2D eigenvalue weighted by Crippen LogP contribution is -2.10. The molecule has 0 fully saturated rings. The number of fused-ring (bicyclic) bond motifs is 1. The van der Waals surface area contributed by atoms with Gasteiger partial charge in [0, 0.05) is 6.54 Å². The first kappa shape index (κ1) is 18.5. The zero-order valence-corrected chi connectivity index (χ0v) is 16.3. The number of hydrogen-bond donors (Lipinski definition) is 1. The van der Waals surface area contributed by atoms with Gasteiger partial charge in [0.1, 0.15) is 17.7 Å². The fourth-order valence-electron chi connectivity index (χ4n) is 3.24. The van der Waals surface area contributed by atoms with Crippen molar-refractivity contribution in [2.45, 2.75) is 53.7 Å². The van der Waals surface area contributed by atoms with Gasteiger partial charge in [0.15, 0.2) is 0 Å². The van der Waals surface area contributed by atoms with Crippen molar-refractivity contribution >= 4 is 11.0 Å². The van der Waals surface area contributed by atoms with Crippen LogP contribution in [0.3, 0.4) is 0 Å². The normalized spacial score (nSPS) is 12.5. The summed E-state index contributed by atoms with van der Waals surface area (Å²) in [6.07, 6.45) is 0.258. The highest BCUT2D eigenvalue weighted by molar-refractivity contribution is 5.78. The number of imidazole rings is 1. The molecule has 0 saturated carbocycles. The summed E-state index contributed by atoms with van der Waals surface area (Å²) in [7, 11) is 0. The minimum atomic E-state index is -0.594. The van der Waals surface area contributed by atoms with E-state index in [4.69, 9.17) is 4.74 Å². The molecule has 1 N–H and O–H groups in total. The van der Waals surface area contributed by atoms with Gasteiger partial charge in [0.2, 0.25) is 0 Å². The average Bonchev–Trinajstić information content (AvgIpc) is 2.93. The number of nitrogens with zero attached hydrogens (tertiary/aromatic N) is 2. The van der Waals surface area contributed by atoms with Crippen LogP contribution in [-0.2, 0) is 6.54 Å². The van der Waals surface area contributed by atoms with Crippen molar-refractivity contribution in [3.63, 3.8) is 0 Å². The number of aliphatic hydroxyl groups is 1. The average molecular weight is 352 g/mol. The first-order valence-corrected chi connectivity index (χ1v) is 9.23. The van der Waals surface area contributed by atoms with E-state index in [1.165, 1.54) is 22.3 Å². The van der Waals surface area contributed by atoms with Gasteiger partial charge in [-0.05, 0) is 81.5 Å². The monoisotopic (exact) mass is 352 g/mol. The molecule has 0 aliphatic carbocycles. The molecule has 138 valence electrons. The van der Waals surface area contributed by atoms with Crippen molar-refractivity contribution in [2.24, 2.45) is 0 Å². The molecule has 1 heterocycles. The molecule has 4 nitrogen and oxygen atoms in total. The predicted octanol–water partition coefficient (Wildman–Crippen LogP) is 4.79. The van der Waals surface area contributed by atoms with Gasteiger partial charge in [-0.2, -0.15) is 0 Å². The Morgan fingerprint density at radius 2 is 1.81 bits per heavy atom. The molecular formula is C22H28N2O2. The van der Waals surface area contributed by atoms with Crippen LogP contribution in [0, 0.1) is 27.7 Å². The van der Waals surface area contributed by atoms with Crippen LogP contribution in [0.4, 0.5) is 0 Å². The molecule has 0 saturated heterocycles. The van der Waals surface area contributed by atoms with Crippen molar-refractivity contribution < 1.29 is 9.84 Å². The minimum absolute atomic E-state index is 0.594. The standard InChI is InChI=1S/C22H28N2O2/c1-14-8-6-9-21(17(14)4)26-11-7-10-24-20-13-16(3)15(2)12-19(20)23-22(24)18(5)25/h6,8-9,12-13,18,25H,7,10-11H2,1-5H3. The summed E-state index contributed by atoms with van der Waals surface area (Å²) >= 11 is 0. The molecular weight excluding hydrogens is 324 g/mol. The quantitative estimate of drug-likeness (QED) is 0.649. The fourth-order valence-corrected chi connectivity index (χ4v) is 3.24. The molecule has 0 bridgehead atoms. The lowest BCUT2D eigenvalue weighted by atomic mass is 10.1. The molecule has 0 aliphatic heterocycles. The van der Waals surface area contributed by atoms with Gasteiger partial charge in [0.25, 0.3) is 0 Å². The molecule has 1 atom stereocenters. The van der Waals surface area contributed by atoms with E-state index in [2.05, 4.69) is 55.4 Å². The molecule has 3 aromatic rings. The van der Waals surface area contributed by atoms with E-state index in [0.29, 0.717) is 6.61 Å². The zero-order chi connectivity index (χ0) is 18.8. The van der Waals surface area contributed by atoms with Crippen molar-refractivity contribution in [2.75, 3.05) is 6.61 Å². The van der Waals surface area contributed by atoms with Gasteiger partial charge in [-0.15, -0.1) is 0 Å². The molecule has 2 aromatic carbocycles. The Morgan fingerprint density at radius 3 is 2.54 bits per heavy atom. The van der Waals surface area contributed by atoms with Crippen LogP contribution >= 0.6 is 0 Å². The molecule has 1 aromatic heterocycles. The zero-order valence-electron chi connectivity index (χ0n) is 16.3. The first-order chi connectivity index (χ1) is 12.4. The van der Waals surface area contributed by atoms with Crippen molar-refractivity contribution in [3.8, 4) is 5.75 Å². The number of benzene rings is 2. The minimum Gasteiger partial charge on any atom is -0.493 e. The Kier molecular flexibility index (Phi) is 5.33. The van der Waals surface area contributed by atoms with Crippen LogP contribution in [0.1, 0.15) is 47.5 Å². The highest BCUT2D eigenvalue weighted by Gasteiger charge is 2.15. The van der Waals surface area contributed by atoms with Crippen LogP contribution in [0.2, 0.25) is 0 Å². The molecule has 0 spiro atoms. The fraction of sp³-hybridized carbons (Fsp3) is 0.409. The smallest absolute Gasteiger partial charge is 0.138 e. The van der Waals surface area contributed by atoms with E-state index in [1.807, 2.05) is 12.1 Å². The van der Waals surface area contributed by atoms with E-state index in [0.717, 1.165) is 35.6 Å². The van der Waals surface area contributed by atoms with Gasteiger partial charge < -0.3 is 14.4 Å². The Morgan fingerprint density at radius 1 is 1.08 bits per heavy atom. The maximum absolute atomic E-state index is 10.1. The maximum atomic E-state index is 10.1. The van der Waals surface area contributed by atoms with Crippen molar-refractivity contribution in [1.29, 1.82) is 0 Å². The lowest BCUT2D eigenvalue weighted by Gasteiger charge is -2.13. The first-order valence-electron chi connectivity index (χ1n) is 9.23. The predicted molar refractivity (Wildman–Crippen MR) is 106 cm³/mol. The largest absolute Gasteiger partial charge is 0.493 e. The lowest BCUT2D eigenvalue weighted by molar-refractivity contribution is 0.183. The third kappa shape index (κ3) is 3.61. The summed E-state index contributed by atoms with van der Waals surface area (Å²) in [4.78, 5) is 4.65. The summed E-state index contributed by atoms with van der Waals surface area (Å²) in [6, 6.07) is 10.4. The summed E-state index contributed by atoms with van der Waals surface area (Å²) in [5.74, 6) is 1.67. The van der Waals surface area contributed by atoms with Crippen LogP contribution in [0.15, 0.2) is 30.3 Å². The van der Waals surface area contributed by atoms with Crippen LogP contribution in [-0.4, -0.2) is 21.3 Å². The number of aryl methyl sites for hydroxylation is 4. The Hall–Kier alpha value is -2.33.